The van der Waals surface area contributed by atoms with Crippen LogP contribution in [0, 0.1) is 12.8 Å². The van der Waals surface area contributed by atoms with E-state index in [1.165, 1.54) is 16.6 Å². The number of aromatic nitrogens is 3. The largest absolute Gasteiger partial charge is 0.355 e. The minimum atomic E-state index is 0.0645. The van der Waals surface area contributed by atoms with Gasteiger partial charge in [-0.15, -0.1) is 0 Å². The average molecular weight is 428 g/mol. The highest BCUT2D eigenvalue weighted by Crippen LogP contribution is 2.26. The van der Waals surface area contributed by atoms with Crippen LogP contribution in [0.1, 0.15) is 24.1 Å². The fraction of sp³-hybridized carbons (Fsp3) is 0.308. The highest BCUT2D eigenvalue weighted by Gasteiger charge is 2.25. The van der Waals surface area contributed by atoms with Gasteiger partial charge in [-0.2, -0.15) is 5.10 Å². The number of rotatable bonds is 5. The third-order valence-electron chi connectivity index (χ3n) is 6.68. The summed E-state index contributed by atoms with van der Waals surface area (Å²) in [6.07, 6.45) is 3.73. The molecule has 3 heterocycles. The van der Waals surface area contributed by atoms with E-state index in [4.69, 9.17) is 0 Å². The van der Waals surface area contributed by atoms with Crippen molar-refractivity contribution in [2.75, 3.05) is 18.4 Å². The van der Waals surface area contributed by atoms with Crippen LogP contribution in [-0.4, -0.2) is 38.7 Å². The van der Waals surface area contributed by atoms with E-state index in [0.717, 1.165) is 54.9 Å². The molecular formula is C26H29N5O. The van der Waals surface area contributed by atoms with E-state index in [-0.39, 0.29) is 11.8 Å². The molecule has 2 aromatic carbocycles. The minimum absolute atomic E-state index is 0.0645. The lowest BCUT2D eigenvalue weighted by molar-refractivity contribution is -0.121. The van der Waals surface area contributed by atoms with Gasteiger partial charge in [0.05, 0.1) is 6.20 Å². The standard InChI is InChI=1S/C26H29N5O/c1-18-22(16-27-30(18)2)17-31-13-11-20(12-14-31)26(32)28-23-9-7-19(8-10-23)25-15-21-5-3-4-6-24(21)29-25/h3-10,15-16,20,29H,11-14,17H2,1-2H3,(H,28,32). The van der Waals surface area contributed by atoms with Crippen LogP contribution in [0.25, 0.3) is 22.2 Å². The number of aryl methyl sites for hydroxylation is 1. The molecule has 6 nitrogen and oxygen atoms in total. The Balaban J connectivity index is 1.16. The predicted octanol–water partition coefficient (Wildman–Crippen LogP) is 4.73. The summed E-state index contributed by atoms with van der Waals surface area (Å²) in [5.41, 5.74) is 6.65. The summed E-state index contributed by atoms with van der Waals surface area (Å²) < 4.78 is 1.92. The Hall–Kier alpha value is -3.38. The van der Waals surface area contributed by atoms with Crippen LogP contribution in [-0.2, 0) is 18.4 Å². The predicted molar refractivity (Wildman–Crippen MR) is 128 cm³/mol. The van der Waals surface area contributed by atoms with E-state index in [1.54, 1.807) is 0 Å². The molecule has 1 amide bonds. The van der Waals surface area contributed by atoms with Crippen LogP contribution in [0.15, 0.2) is 60.8 Å². The first-order valence-corrected chi connectivity index (χ1v) is 11.3. The van der Waals surface area contributed by atoms with Gasteiger partial charge in [-0.3, -0.25) is 14.4 Å². The van der Waals surface area contributed by atoms with E-state index in [2.05, 4.69) is 57.6 Å². The molecular weight excluding hydrogens is 398 g/mol. The van der Waals surface area contributed by atoms with Gasteiger partial charge in [0.25, 0.3) is 0 Å². The average Bonchev–Trinajstić information content (AvgIpc) is 3.39. The van der Waals surface area contributed by atoms with Gasteiger partial charge in [-0.05, 0) is 62.7 Å². The van der Waals surface area contributed by atoms with Crippen LogP contribution in [0.4, 0.5) is 5.69 Å². The third-order valence-corrected chi connectivity index (χ3v) is 6.68. The normalized spacial score (nSPS) is 15.3. The number of aromatic amines is 1. The third kappa shape index (κ3) is 4.18. The Morgan fingerprint density at radius 1 is 1.12 bits per heavy atom. The van der Waals surface area contributed by atoms with Gasteiger partial charge in [0.2, 0.25) is 5.91 Å². The number of anilines is 1. The number of piperidine rings is 1. The number of fused-ring (bicyclic) bond motifs is 1. The van der Waals surface area contributed by atoms with Crippen molar-refractivity contribution in [1.29, 1.82) is 0 Å². The SMILES string of the molecule is Cc1c(CN2CCC(C(=O)Nc3ccc(-c4cc5ccccc5[nH]4)cc3)CC2)cnn1C. The Bertz CT molecular complexity index is 1200. The van der Waals surface area contributed by atoms with Crippen LogP contribution < -0.4 is 5.32 Å². The zero-order valence-electron chi connectivity index (χ0n) is 18.6. The first kappa shape index (κ1) is 20.5. The molecule has 0 bridgehead atoms. The van der Waals surface area contributed by atoms with Crippen LogP contribution in [0.3, 0.4) is 0 Å². The van der Waals surface area contributed by atoms with E-state index >= 15 is 0 Å². The first-order valence-electron chi connectivity index (χ1n) is 11.3. The van der Waals surface area contributed by atoms with Gasteiger partial charge in [-0.25, -0.2) is 0 Å². The molecule has 2 N–H and O–H groups in total. The second kappa shape index (κ2) is 8.63. The lowest BCUT2D eigenvalue weighted by Crippen LogP contribution is -2.37. The lowest BCUT2D eigenvalue weighted by Gasteiger charge is -2.31. The van der Waals surface area contributed by atoms with Crippen molar-refractivity contribution in [2.24, 2.45) is 13.0 Å². The quantitative estimate of drug-likeness (QED) is 0.484. The number of carbonyl (C=O) groups is 1. The number of amides is 1. The van der Waals surface area contributed by atoms with Crippen molar-refractivity contribution in [2.45, 2.75) is 26.3 Å². The van der Waals surface area contributed by atoms with E-state index in [1.807, 2.05) is 42.2 Å². The number of hydrogen-bond acceptors (Lipinski definition) is 3. The Morgan fingerprint density at radius 3 is 2.56 bits per heavy atom. The monoisotopic (exact) mass is 427 g/mol. The fourth-order valence-electron chi connectivity index (χ4n) is 4.50. The van der Waals surface area contributed by atoms with Gasteiger partial charge in [0.1, 0.15) is 0 Å². The maximum absolute atomic E-state index is 12.8. The molecule has 0 aliphatic carbocycles. The minimum Gasteiger partial charge on any atom is -0.355 e. The van der Waals surface area contributed by atoms with Crippen LogP contribution in [0.2, 0.25) is 0 Å². The number of para-hydroxylation sites is 1. The molecule has 4 aromatic rings. The summed E-state index contributed by atoms with van der Waals surface area (Å²) in [5, 5.41) is 8.64. The molecule has 1 aliphatic heterocycles. The van der Waals surface area contributed by atoms with Gasteiger partial charge in [-0.1, -0.05) is 30.3 Å². The molecule has 6 heteroatoms. The van der Waals surface area contributed by atoms with Crippen LogP contribution >= 0.6 is 0 Å². The number of likely N-dealkylation sites (tertiary alicyclic amines) is 1. The number of carbonyl (C=O) groups excluding carboxylic acids is 1. The molecule has 0 saturated carbocycles. The highest BCUT2D eigenvalue weighted by atomic mass is 16.1. The Kier molecular flexibility index (Phi) is 5.53. The molecule has 5 rings (SSSR count). The molecule has 164 valence electrons. The first-order chi connectivity index (χ1) is 15.6. The van der Waals surface area contributed by atoms with Crippen LogP contribution in [0.5, 0.6) is 0 Å². The second-order valence-electron chi connectivity index (χ2n) is 8.77. The van der Waals surface area contributed by atoms with Gasteiger partial charge in [0.15, 0.2) is 0 Å². The zero-order chi connectivity index (χ0) is 22.1. The molecule has 1 aliphatic rings. The van der Waals surface area contributed by atoms with E-state index in [9.17, 15) is 4.79 Å². The maximum Gasteiger partial charge on any atom is 0.227 e. The molecule has 32 heavy (non-hydrogen) atoms. The number of H-pyrrole nitrogens is 1. The summed E-state index contributed by atoms with van der Waals surface area (Å²) >= 11 is 0. The van der Waals surface area contributed by atoms with Crippen molar-refractivity contribution in [3.8, 4) is 11.3 Å². The maximum atomic E-state index is 12.8. The van der Waals surface area contributed by atoms with Crippen molar-refractivity contribution in [1.82, 2.24) is 19.7 Å². The summed E-state index contributed by atoms with van der Waals surface area (Å²) in [7, 11) is 1.97. The van der Waals surface area contributed by atoms with E-state index in [0.29, 0.717) is 0 Å². The smallest absolute Gasteiger partial charge is 0.227 e. The Labute approximate surface area is 188 Å². The highest BCUT2D eigenvalue weighted by molar-refractivity contribution is 5.93. The molecule has 0 unspecified atom stereocenters. The number of nitrogens with one attached hydrogen (secondary N) is 2. The topological polar surface area (TPSA) is 66.0 Å². The van der Waals surface area contributed by atoms with Gasteiger partial charge >= 0.3 is 0 Å². The van der Waals surface area contributed by atoms with Crippen molar-refractivity contribution in [3.63, 3.8) is 0 Å². The number of benzene rings is 2. The number of hydrogen-bond donors (Lipinski definition) is 2. The molecule has 1 fully saturated rings. The molecule has 2 aromatic heterocycles. The van der Waals surface area contributed by atoms with Gasteiger partial charge in [0, 0.05) is 53.1 Å². The Morgan fingerprint density at radius 2 is 1.88 bits per heavy atom. The lowest BCUT2D eigenvalue weighted by atomic mass is 9.95. The second-order valence-corrected chi connectivity index (χ2v) is 8.77. The zero-order valence-corrected chi connectivity index (χ0v) is 18.6. The molecule has 0 atom stereocenters. The summed E-state index contributed by atoms with van der Waals surface area (Å²) in [5.74, 6) is 0.190. The number of nitrogens with zero attached hydrogens (tertiary/aromatic N) is 3. The molecule has 0 spiro atoms. The summed E-state index contributed by atoms with van der Waals surface area (Å²) in [6, 6.07) is 18.5. The summed E-state index contributed by atoms with van der Waals surface area (Å²) in [6.45, 7) is 4.88. The van der Waals surface area contributed by atoms with Gasteiger partial charge < -0.3 is 10.3 Å². The molecule has 0 radical (unpaired) electrons. The molecule has 1 saturated heterocycles. The van der Waals surface area contributed by atoms with Crippen molar-refractivity contribution < 1.29 is 4.79 Å². The van der Waals surface area contributed by atoms with E-state index < -0.39 is 0 Å². The fourth-order valence-corrected chi connectivity index (χ4v) is 4.50. The van der Waals surface area contributed by atoms with Crippen molar-refractivity contribution >= 4 is 22.5 Å². The summed E-state index contributed by atoms with van der Waals surface area (Å²) in [4.78, 5) is 18.7. The van der Waals surface area contributed by atoms with Crippen molar-refractivity contribution in [3.05, 3.63) is 72.1 Å².